The van der Waals surface area contributed by atoms with Crippen molar-refractivity contribution in [1.82, 2.24) is 0 Å². The molecule has 0 bridgehead atoms. The minimum Gasteiger partial charge on any atom is -1.00 e. The number of aliphatic hydroxyl groups is 1. The van der Waals surface area contributed by atoms with E-state index in [-0.39, 0.29) is 29.5 Å². The molecule has 0 aliphatic carbocycles. The largest absolute Gasteiger partial charge is 1.00 e. The topological polar surface area (TPSA) is 37.3 Å². The van der Waals surface area contributed by atoms with Crippen molar-refractivity contribution in [3.8, 4) is 0 Å². The van der Waals surface area contributed by atoms with Gasteiger partial charge < -0.3 is 22.1 Å². The maximum absolute atomic E-state index is 13.3. The first kappa shape index (κ1) is 41.2. The van der Waals surface area contributed by atoms with Crippen LogP contribution >= 0.6 is 0 Å². The number of hydrogen-bond acceptors (Lipinski definition) is 2. The Labute approximate surface area is 257 Å². The number of unbranched alkanes of at least 4 members (excludes halogenated alkanes) is 23. The average molecular weight is 619 g/mol. The molecule has 0 radical (unpaired) electrons. The molecule has 0 aromatic heterocycles. The molecule has 0 aromatic carbocycles. The highest BCUT2D eigenvalue weighted by atomic mass is 79.9. The number of amides is 1. The van der Waals surface area contributed by atoms with Crippen molar-refractivity contribution < 1.29 is 31.4 Å². The molecule has 0 fully saturated rings. The fourth-order valence-corrected chi connectivity index (χ4v) is 5.89. The van der Waals surface area contributed by atoms with Crippen molar-refractivity contribution in [2.75, 3.05) is 27.2 Å². The summed E-state index contributed by atoms with van der Waals surface area (Å²) in [5.41, 5.74) is 0. The summed E-state index contributed by atoms with van der Waals surface area (Å²) in [6, 6.07) is 0. The van der Waals surface area contributed by atoms with Crippen molar-refractivity contribution in [2.24, 2.45) is 5.92 Å². The standard InChI is InChI=1S/C35H72NO2.BrH/c1-5-7-9-11-13-15-17-19-21-23-25-27-29-31-34(35(38)36(3,4)32-33-37)30-28-26-24-22-20-18-16-14-12-10-8-6-2;/h34,37H,5-33H2,1-4H3;1H/q+1;/p-1. The molecule has 1 N–H and O–H groups in total. The van der Waals surface area contributed by atoms with E-state index in [0.29, 0.717) is 16.9 Å². The molecule has 3 nitrogen and oxygen atoms in total. The number of hydrogen-bond donors (Lipinski definition) is 1. The third-order valence-corrected chi connectivity index (χ3v) is 8.67. The number of rotatable bonds is 30. The number of carbonyl (C=O) groups excluding carboxylic acids is 1. The van der Waals surface area contributed by atoms with E-state index in [0.717, 1.165) is 12.8 Å². The van der Waals surface area contributed by atoms with Crippen LogP contribution in [0.1, 0.15) is 187 Å². The molecule has 0 rings (SSSR count). The van der Waals surface area contributed by atoms with Crippen LogP contribution in [0.25, 0.3) is 0 Å². The van der Waals surface area contributed by atoms with Crippen LogP contribution in [0.3, 0.4) is 0 Å². The van der Waals surface area contributed by atoms with Gasteiger partial charge in [-0.3, -0.25) is 4.48 Å². The maximum Gasteiger partial charge on any atom is 0.316 e. The van der Waals surface area contributed by atoms with Crippen LogP contribution in [-0.2, 0) is 4.79 Å². The van der Waals surface area contributed by atoms with Crippen LogP contribution in [0.2, 0.25) is 0 Å². The summed E-state index contributed by atoms with van der Waals surface area (Å²) in [5, 5.41) is 9.45. The lowest BCUT2D eigenvalue weighted by atomic mass is 9.92. The zero-order valence-corrected chi connectivity index (χ0v) is 28.9. The van der Waals surface area contributed by atoms with E-state index in [1.54, 1.807) is 0 Å². The zero-order valence-electron chi connectivity index (χ0n) is 27.3. The zero-order chi connectivity index (χ0) is 28.2. The Balaban J connectivity index is 0. The molecule has 0 saturated heterocycles. The smallest absolute Gasteiger partial charge is 0.316 e. The van der Waals surface area contributed by atoms with Crippen LogP contribution in [0, 0.1) is 5.92 Å². The summed E-state index contributed by atoms with van der Waals surface area (Å²) < 4.78 is 0.331. The van der Waals surface area contributed by atoms with Gasteiger partial charge in [-0.05, 0) is 12.8 Å². The van der Waals surface area contributed by atoms with Gasteiger partial charge in [0.2, 0.25) is 0 Å². The number of nitrogens with zero attached hydrogens (tertiary/aromatic N) is 1. The molecule has 0 saturated carbocycles. The van der Waals surface area contributed by atoms with Gasteiger partial charge in [-0.1, -0.05) is 174 Å². The van der Waals surface area contributed by atoms with Gasteiger partial charge in [0.25, 0.3) is 0 Å². The SMILES string of the molecule is CCCCCCCCCCCCCCCC(CCCCCCCCCCCCCC)C(=O)[N+](C)(C)CCO.[Br-]. The Hall–Kier alpha value is 0.0700. The summed E-state index contributed by atoms with van der Waals surface area (Å²) in [7, 11) is 3.97. The Kier molecular flexibility index (Phi) is 32.8. The molecular formula is C35H72BrNO2. The predicted octanol–water partition coefficient (Wildman–Crippen LogP) is 7.77. The molecule has 1 unspecified atom stereocenters. The van der Waals surface area contributed by atoms with Gasteiger partial charge >= 0.3 is 5.91 Å². The highest BCUT2D eigenvalue weighted by Crippen LogP contribution is 2.23. The van der Waals surface area contributed by atoms with Crippen LogP contribution in [0.5, 0.6) is 0 Å². The van der Waals surface area contributed by atoms with Crippen LogP contribution < -0.4 is 17.0 Å². The van der Waals surface area contributed by atoms with E-state index in [2.05, 4.69) is 13.8 Å². The van der Waals surface area contributed by atoms with Gasteiger partial charge in [0, 0.05) is 0 Å². The molecule has 0 spiro atoms. The van der Waals surface area contributed by atoms with Crippen molar-refractivity contribution >= 4 is 5.91 Å². The molecule has 1 amide bonds. The Morgan fingerprint density at radius 3 is 1.03 bits per heavy atom. The van der Waals surface area contributed by atoms with Crippen molar-refractivity contribution in [1.29, 1.82) is 0 Å². The van der Waals surface area contributed by atoms with Gasteiger partial charge in [0.1, 0.15) is 6.54 Å². The summed E-state index contributed by atoms with van der Waals surface area (Å²) in [6.45, 7) is 5.19. The second kappa shape index (κ2) is 31.0. The normalized spacial score (nSPS) is 12.4. The van der Waals surface area contributed by atoms with Crippen LogP contribution in [0.15, 0.2) is 0 Å². The minimum atomic E-state index is 0. The lowest BCUT2D eigenvalue weighted by Gasteiger charge is -2.30. The van der Waals surface area contributed by atoms with Gasteiger partial charge in [-0.2, -0.15) is 0 Å². The van der Waals surface area contributed by atoms with Gasteiger partial charge in [-0.25, -0.2) is 4.79 Å². The molecule has 236 valence electrons. The first-order valence-corrected chi connectivity index (χ1v) is 17.5. The lowest BCUT2D eigenvalue weighted by Crippen LogP contribution is -3.00. The summed E-state index contributed by atoms with van der Waals surface area (Å²) in [4.78, 5) is 13.3. The number of likely N-dealkylation sites (N-methyl/N-ethyl adjacent to an activating group) is 1. The Morgan fingerprint density at radius 1 is 0.513 bits per heavy atom. The van der Waals surface area contributed by atoms with E-state index in [4.69, 9.17) is 0 Å². The molecule has 39 heavy (non-hydrogen) atoms. The van der Waals surface area contributed by atoms with Crippen molar-refractivity contribution in [3.63, 3.8) is 0 Å². The van der Waals surface area contributed by atoms with Gasteiger partial charge in [-0.15, -0.1) is 0 Å². The first-order valence-electron chi connectivity index (χ1n) is 17.5. The summed E-state index contributed by atoms with van der Waals surface area (Å²) in [5.74, 6) is 0.522. The monoisotopic (exact) mass is 617 g/mol. The maximum atomic E-state index is 13.3. The quantitative estimate of drug-likeness (QED) is 0.0660. The number of quaternary nitrogens is 1. The molecule has 4 heteroatoms. The fourth-order valence-electron chi connectivity index (χ4n) is 5.89. The van der Waals surface area contributed by atoms with Crippen molar-refractivity contribution in [3.05, 3.63) is 0 Å². The third kappa shape index (κ3) is 26.7. The van der Waals surface area contributed by atoms with E-state index >= 15 is 0 Å². The molecule has 0 aliphatic rings. The second-order valence-corrected chi connectivity index (χ2v) is 12.9. The fraction of sp³-hybridized carbons (Fsp3) is 0.971. The van der Waals surface area contributed by atoms with Crippen LogP contribution in [0.4, 0.5) is 0 Å². The molecule has 1 atom stereocenters. The summed E-state index contributed by atoms with van der Waals surface area (Å²) in [6.07, 6.45) is 36.2. The van der Waals surface area contributed by atoms with Gasteiger partial charge in [0.05, 0.1) is 26.6 Å². The van der Waals surface area contributed by atoms with E-state index < -0.39 is 0 Å². The second-order valence-electron chi connectivity index (χ2n) is 12.9. The van der Waals surface area contributed by atoms with Gasteiger partial charge in [0.15, 0.2) is 0 Å². The number of halogens is 1. The predicted molar refractivity (Wildman–Crippen MR) is 169 cm³/mol. The minimum absolute atomic E-state index is 0. The molecule has 0 aromatic rings. The highest BCUT2D eigenvalue weighted by Gasteiger charge is 2.33. The Morgan fingerprint density at radius 2 is 0.769 bits per heavy atom. The average Bonchev–Trinajstić information content (AvgIpc) is 2.90. The van der Waals surface area contributed by atoms with E-state index in [9.17, 15) is 9.90 Å². The first-order chi connectivity index (χ1) is 18.5. The van der Waals surface area contributed by atoms with Crippen molar-refractivity contribution in [2.45, 2.75) is 187 Å². The Bertz CT molecular complexity index is 497. The van der Waals surface area contributed by atoms with Crippen LogP contribution in [-0.4, -0.2) is 42.7 Å². The lowest BCUT2D eigenvalue weighted by molar-refractivity contribution is -0.816. The number of aliphatic hydroxyl groups excluding tert-OH is 1. The van der Waals surface area contributed by atoms with E-state index in [1.165, 1.54) is 161 Å². The third-order valence-electron chi connectivity index (χ3n) is 8.67. The van der Waals surface area contributed by atoms with E-state index in [1.807, 2.05) is 14.1 Å². The molecule has 0 aliphatic heterocycles. The summed E-state index contributed by atoms with van der Waals surface area (Å²) >= 11 is 0. The molecular weight excluding hydrogens is 546 g/mol. The molecule has 0 heterocycles. The number of carbonyl (C=O) groups is 1. The highest BCUT2D eigenvalue weighted by molar-refractivity contribution is 5.71.